The van der Waals surface area contributed by atoms with Crippen LogP contribution in [0.15, 0.2) is 23.6 Å². The number of rotatable bonds is 4. The summed E-state index contributed by atoms with van der Waals surface area (Å²) >= 11 is 1.47. The van der Waals surface area contributed by atoms with Crippen molar-refractivity contribution in [2.45, 2.75) is 25.8 Å². The second-order valence-electron chi connectivity index (χ2n) is 4.27. The van der Waals surface area contributed by atoms with Crippen LogP contribution in [0.25, 0.3) is 11.3 Å². The molecule has 2 aromatic rings. The van der Waals surface area contributed by atoms with Crippen molar-refractivity contribution in [1.82, 2.24) is 4.98 Å². The van der Waals surface area contributed by atoms with E-state index in [0.717, 1.165) is 23.9 Å². The zero-order valence-corrected chi connectivity index (χ0v) is 10.8. The van der Waals surface area contributed by atoms with Gasteiger partial charge in [0.1, 0.15) is 11.6 Å². The third kappa shape index (κ3) is 3.11. The predicted molar refractivity (Wildman–Crippen MR) is 69.4 cm³/mol. The first-order chi connectivity index (χ1) is 8.56. The van der Waals surface area contributed by atoms with E-state index in [1.165, 1.54) is 23.5 Å². The van der Waals surface area contributed by atoms with Gasteiger partial charge in [-0.2, -0.15) is 0 Å². The zero-order valence-electron chi connectivity index (χ0n) is 9.99. The minimum absolute atomic E-state index is 0.125. The molecule has 18 heavy (non-hydrogen) atoms. The van der Waals surface area contributed by atoms with Crippen molar-refractivity contribution in [2.75, 3.05) is 0 Å². The maximum atomic E-state index is 13.6. The maximum Gasteiger partial charge on any atom is 0.135 e. The Morgan fingerprint density at radius 1 is 1.39 bits per heavy atom. The fraction of sp³-hybridized carbons (Fsp3) is 0.308. The Morgan fingerprint density at radius 2 is 2.17 bits per heavy atom. The quantitative estimate of drug-likeness (QED) is 0.923. The van der Waals surface area contributed by atoms with Crippen LogP contribution < -0.4 is 5.73 Å². The highest BCUT2D eigenvalue weighted by Crippen LogP contribution is 2.25. The van der Waals surface area contributed by atoms with E-state index in [2.05, 4.69) is 4.98 Å². The standard InChI is InChI=1S/C13H14F2N2S/c1-8(16)2-5-13-17-12(7-18-13)10-4-3-9(14)6-11(10)15/h3-4,6-8H,2,5,16H2,1H3. The average molecular weight is 268 g/mol. The van der Waals surface area contributed by atoms with Crippen LogP contribution in [0, 0.1) is 11.6 Å². The Hall–Kier alpha value is -1.33. The molecule has 0 radical (unpaired) electrons. The fourth-order valence-corrected chi connectivity index (χ4v) is 2.41. The number of aromatic nitrogens is 1. The summed E-state index contributed by atoms with van der Waals surface area (Å²) in [5.74, 6) is -1.16. The molecular weight excluding hydrogens is 254 g/mol. The molecule has 2 rings (SSSR count). The Kier molecular flexibility index (Phi) is 4.04. The molecule has 1 heterocycles. The topological polar surface area (TPSA) is 38.9 Å². The molecule has 5 heteroatoms. The minimum Gasteiger partial charge on any atom is -0.328 e. The first-order valence-corrected chi connectivity index (χ1v) is 6.59. The van der Waals surface area contributed by atoms with Crippen LogP contribution in [0.2, 0.25) is 0 Å². The van der Waals surface area contributed by atoms with Gasteiger partial charge in [0.15, 0.2) is 0 Å². The van der Waals surface area contributed by atoms with Crippen LogP contribution in [0.4, 0.5) is 8.78 Å². The summed E-state index contributed by atoms with van der Waals surface area (Å²) in [5.41, 5.74) is 6.56. The van der Waals surface area contributed by atoms with Gasteiger partial charge in [-0.3, -0.25) is 0 Å². The lowest BCUT2D eigenvalue weighted by molar-refractivity contribution is 0.585. The van der Waals surface area contributed by atoms with E-state index in [0.29, 0.717) is 11.3 Å². The van der Waals surface area contributed by atoms with Gasteiger partial charge < -0.3 is 5.73 Å². The minimum atomic E-state index is -0.584. The van der Waals surface area contributed by atoms with Crippen LogP contribution in [0.1, 0.15) is 18.4 Å². The molecule has 1 atom stereocenters. The third-order valence-electron chi connectivity index (χ3n) is 2.57. The van der Waals surface area contributed by atoms with Crippen LogP contribution >= 0.6 is 11.3 Å². The van der Waals surface area contributed by atoms with Gasteiger partial charge in [0.25, 0.3) is 0 Å². The molecule has 1 aromatic carbocycles. The number of hydrogen-bond donors (Lipinski definition) is 1. The van der Waals surface area contributed by atoms with Crippen molar-refractivity contribution in [3.8, 4) is 11.3 Å². The van der Waals surface area contributed by atoms with E-state index in [9.17, 15) is 8.78 Å². The molecule has 96 valence electrons. The molecule has 1 unspecified atom stereocenters. The van der Waals surface area contributed by atoms with Gasteiger partial charge in [0.05, 0.1) is 10.7 Å². The van der Waals surface area contributed by atoms with E-state index < -0.39 is 11.6 Å². The highest BCUT2D eigenvalue weighted by atomic mass is 32.1. The van der Waals surface area contributed by atoms with Crippen molar-refractivity contribution >= 4 is 11.3 Å². The lowest BCUT2D eigenvalue weighted by Crippen LogP contribution is -2.15. The van der Waals surface area contributed by atoms with E-state index in [1.54, 1.807) is 5.38 Å². The molecule has 0 aliphatic heterocycles. The molecule has 0 saturated heterocycles. The van der Waals surface area contributed by atoms with Crippen LogP contribution in [-0.4, -0.2) is 11.0 Å². The molecular formula is C13H14F2N2S. The SMILES string of the molecule is CC(N)CCc1nc(-c2ccc(F)cc2F)cs1. The molecule has 2 N–H and O–H groups in total. The summed E-state index contributed by atoms with van der Waals surface area (Å²) in [7, 11) is 0. The van der Waals surface area contributed by atoms with Gasteiger partial charge >= 0.3 is 0 Å². The largest absolute Gasteiger partial charge is 0.328 e. The van der Waals surface area contributed by atoms with Crippen molar-refractivity contribution in [1.29, 1.82) is 0 Å². The fourth-order valence-electron chi connectivity index (χ4n) is 1.60. The zero-order chi connectivity index (χ0) is 13.1. The van der Waals surface area contributed by atoms with Gasteiger partial charge in [0, 0.05) is 29.5 Å². The number of thiazole rings is 1. The van der Waals surface area contributed by atoms with E-state index >= 15 is 0 Å². The number of nitrogens with zero attached hydrogens (tertiary/aromatic N) is 1. The molecule has 0 saturated carbocycles. The maximum absolute atomic E-state index is 13.6. The Bertz CT molecular complexity index is 538. The van der Waals surface area contributed by atoms with Gasteiger partial charge in [-0.1, -0.05) is 0 Å². The van der Waals surface area contributed by atoms with Crippen molar-refractivity contribution in [2.24, 2.45) is 5.73 Å². The summed E-state index contributed by atoms with van der Waals surface area (Å²) < 4.78 is 26.4. The van der Waals surface area contributed by atoms with Gasteiger partial charge in [-0.05, 0) is 25.5 Å². The van der Waals surface area contributed by atoms with E-state index in [-0.39, 0.29) is 6.04 Å². The van der Waals surface area contributed by atoms with E-state index in [1.807, 2.05) is 6.92 Å². The molecule has 1 aromatic heterocycles. The molecule has 0 bridgehead atoms. The second kappa shape index (κ2) is 5.54. The lowest BCUT2D eigenvalue weighted by Gasteiger charge is -2.01. The molecule has 0 amide bonds. The van der Waals surface area contributed by atoms with Crippen molar-refractivity contribution in [3.63, 3.8) is 0 Å². The lowest BCUT2D eigenvalue weighted by atomic mass is 10.1. The van der Waals surface area contributed by atoms with Crippen LogP contribution in [0.3, 0.4) is 0 Å². The molecule has 0 fully saturated rings. The van der Waals surface area contributed by atoms with Crippen LogP contribution in [0.5, 0.6) is 0 Å². The van der Waals surface area contributed by atoms with E-state index in [4.69, 9.17) is 5.73 Å². The highest BCUT2D eigenvalue weighted by molar-refractivity contribution is 7.09. The summed E-state index contributed by atoms with van der Waals surface area (Å²) in [5, 5.41) is 2.71. The Balaban J connectivity index is 2.18. The molecule has 0 aliphatic rings. The predicted octanol–water partition coefficient (Wildman–Crippen LogP) is 3.37. The highest BCUT2D eigenvalue weighted by Gasteiger charge is 2.10. The average Bonchev–Trinajstić information content (AvgIpc) is 2.75. The normalized spacial score (nSPS) is 12.7. The van der Waals surface area contributed by atoms with Gasteiger partial charge in [0.2, 0.25) is 0 Å². The molecule has 2 nitrogen and oxygen atoms in total. The third-order valence-corrected chi connectivity index (χ3v) is 3.48. The van der Waals surface area contributed by atoms with Gasteiger partial charge in [-0.25, -0.2) is 13.8 Å². The number of aryl methyl sites for hydroxylation is 1. The molecule has 0 spiro atoms. The van der Waals surface area contributed by atoms with Crippen molar-refractivity contribution < 1.29 is 8.78 Å². The smallest absolute Gasteiger partial charge is 0.135 e. The molecule has 0 aliphatic carbocycles. The summed E-state index contributed by atoms with van der Waals surface area (Å²) in [6.45, 7) is 1.94. The number of hydrogen-bond acceptors (Lipinski definition) is 3. The Morgan fingerprint density at radius 3 is 2.83 bits per heavy atom. The summed E-state index contributed by atoms with van der Waals surface area (Å²) in [4.78, 5) is 4.34. The monoisotopic (exact) mass is 268 g/mol. The summed E-state index contributed by atoms with van der Waals surface area (Å²) in [6, 6.07) is 3.64. The second-order valence-corrected chi connectivity index (χ2v) is 5.21. The number of halogens is 2. The first kappa shape index (κ1) is 13.1. The first-order valence-electron chi connectivity index (χ1n) is 5.71. The number of benzene rings is 1. The summed E-state index contributed by atoms with van der Waals surface area (Å²) in [6.07, 6.45) is 1.63. The Labute approximate surface area is 108 Å². The van der Waals surface area contributed by atoms with Crippen LogP contribution in [-0.2, 0) is 6.42 Å². The number of nitrogens with two attached hydrogens (primary N) is 1. The van der Waals surface area contributed by atoms with Crippen molar-refractivity contribution in [3.05, 3.63) is 40.2 Å². The van der Waals surface area contributed by atoms with Gasteiger partial charge in [-0.15, -0.1) is 11.3 Å².